The number of nitrogens with two attached hydrogens (primary N) is 1. The Bertz CT molecular complexity index is 504. The second-order valence-electron chi connectivity index (χ2n) is 4.10. The fraction of sp³-hybridized carbons (Fsp3) is 0.417. The maximum atomic E-state index is 6.26. The van der Waals surface area contributed by atoms with Crippen molar-refractivity contribution in [1.29, 1.82) is 0 Å². The molecule has 1 atom stereocenters. The molecular formula is C12H16BrN3S. The predicted octanol–water partition coefficient (Wildman–Crippen LogP) is 3.05. The fourth-order valence-electron chi connectivity index (χ4n) is 1.92. The van der Waals surface area contributed by atoms with Crippen molar-refractivity contribution in [3.63, 3.8) is 0 Å². The zero-order valence-electron chi connectivity index (χ0n) is 9.98. The fourth-order valence-corrected chi connectivity index (χ4v) is 3.44. The van der Waals surface area contributed by atoms with Crippen molar-refractivity contribution in [1.82, 2.24) is 9.78 Å². The number of halogens is 1. The van der Waals surface area contributed by atoms with Crippen molar-refractivity contribution in [3.8, 4) is 0 Å². The summed E-state index contributed by atoms with van der Waals surface area (Å²) < 4.78 is 2.98. The molecule has 0 saturated heterocycles. The molecule has 5 heteroatoms. The van der Waals surface area contributed by atoms with E-state index in [1.807, 2.05) is 17.9 Å². The molecule has 2 N–H and O–H groups in total. The summed E-state index contributed by atoms with van der Waals surface area (Å²) in [7, 11) is 1.94. The molecule has 92 valence electrons. The van der Waals surface area contributed by atoms with Crippen LogP contribution in [0.2, 0.25) is 0 Å². The molecule has 2 heterocycles. The zero-order valence-corrected chi connectivity index (χ0v) is 12.4. The molecule has 0 aliphatic rings. The van der Waals surface area contributed by atoms with Crippen LogP contribution in [0.1, 0.15) is 29.1 Å². The third-order valence-corrected chi connectivity index (χ3v) is 4.43. The van der Waals surface area contributed by atoms with Gasteiger partial charge < -0.3 is 5.73 Å². The minimum atomic E-state index is 0.0317. The van der Waals surface area contributed by atoms with E-state index in [0.29, 0.717) is 0 Å². The first-order chi connectivity index (χ1) is 8.10. The molecule has 0 radical (unpaired) electrons. The van der Waals surface area contributed by atoms with Crippen LogP contribution in [0.5, 0.6) is 0 Å². The Hall–Kier alpha value is -0.650. The average Bonchev–Trinajstić information content (AvgIpc) is 2.84. The van der Waals surface area contributed by atoms with Crippen LogP contribution in [-0.2, 0) is 19.9 Å². The number of aryl methyl sites for hydroxylation is 2. The van der Waals surface area contributed by atoms with Crippen molar-refractivity contribution < 1.29 is 0 Å². The van der Waals surface area contributed by atoms with Gasteiger partial charge in [-0.3, -0.25) is 4.68 Å². The van der Waals surface area contributed by atoms with E-state index in [1.165, 1.54) is 10.4 Å². The number of thiophene rings is 1. The van der Waals surface area contributed by atoms with Gasteiger partial charge in [0.1, 0.15) is 0 Å². The maximum Gasteiger partial charge on any atom is 0.0669 e. The van der Waals surface area contributed by atoms with E-state index in [1.54, 1.807) is 11.3 Å². The van der Waals surface area contributed by atoms with E-state index < -0.39 is 0 Å². The standard InChI is InChI=1S/C12H16BrN3S/c1-3-12-10(6-16(2)15-12)11(14)5-9-4-8(13)7-17-9/h4,6-7,11H,3,5,14H2,1-2H3. The maximum absolute atomic E-state index is 6.26. The Morgan fingerprint density at radius 1 is 1.59 bits per heavy atom. The summed E-state index contributed by atoms with van der Waals surface area (Å²) in [5.74, 6) is 0. The third kappa shape index (κ3) is 2.97. The van der Waals surface area contributed by atoms with Crippen LogP contribution in [-0.4, -0.2) is 9.78 Å². The first-order valence-electron chi connectivity index (χ1n) is 5.61. The van der Waals surface area contributed by atoms with E-state index in [2.05, 4.69) is 39.4 Å². The van der Waals surface area contributed by atoms with Crippen molar-refractivity contribution in [3.05, 3.63) is 38.3 Å². The van der Waals surface area contributed by atoms with Crippen LogP contribution in [0.4, 0.5) is 0 Å². The number of hydrogen-bond donors (Lipinski definition) is 1. The lowest BCUT2D eigenvalue weighted by molar-refractivity contribution is 0.719. The molecule has 0 aliphatic carbocycles. The highest BCUT2D eigenvalue weighted by Gasteiger charge is 2.15. The molecule has 1 unspecified atom stereocenters. The molecule has 0 bridgehead atoms. The van der Waals surface area contributed by atoms with Gasteiger partial charge in [0.05, 0.1) is 5.69 Å². The quantitative estimate of drug-likeness (QED) is 0.942. The van der Waals surface area contributed by atoms with E-state index in [9.17, 15) is 0 Å². The Labute approximate surface area is 114 Å². The minimum absolute atomic E-state index is 0.0317. The lowest BCUT2D eigenvalue weighted by atomic mass is 10.0. The lowest BCUT2D eigenvalue weighted by Gasteiger charge is -2.09. The highest BCUT2D eigenvalue weighted by Crippen LogP contribution is 2.25. The molecule has 2 rings (SSSR count). The van der Waals surface area contributed by atoms with Gasteiger partial charge >= 0.3 is 0 Å². The van der Waals surface area contributed by atoms with Gasteiger partial charge in [0.25, 0.3) is 0 Å². The van der Waals surface area contributed by atoms with Gasteiger partial charge in [-0.1, -0.05) is 6.92 Å². The van der Waals surface area contributed by atoms with Crippen LogP contribution in [0.25, 0.3) is 0 Å². The van der Waals surface area contributed by atoms with E-state index in [4.69, 9.17) is 5.73 Å². The van der Waals surface area contributed by atoms with Gasteiger partial charge in [-0.05, 0) is 28.4 Å². The number of hydrogen-bond acceptors (Lipinski definition) is 3. The zero-order chi connectivity index (χ0) is 12.4. The van der Waals surface area contributed by atoms with E-state index in [0.717, 1.165) is 23.0 Å². The number of nitrogens with zero attached hydrogens (tertiary/aromatic N) is 2. The van der Waals surface area contributed by atoms with Crippen LogP contribution < -0.4 is 5.73 Å². The SMILES string of the molecule is CCc1nn(C)cc1C(N)Cc1cc(Br)cs1. The second kappa shape index (κ2) is 5.33. The molecule has 0 aliphatic heterocycles. The Morgan fingerprint density at radius 2 is 2.35 bits per heavy atom. The molecule has 2 aromatic rings. The molecule has 0 saturated carbocycles. The molecule has 0 fully saturated rings. The summed E-state index contributed by atoms with van der Waals surface area (Å²) in [6, 6.07) is 2.16. The van der Waals surface area contributed by atoms with Gasteiger partial charge in [-0.25, -0.2) is 0 Å². The largest absolute Gasteiger partial charge is 0.324 e. The Balaban J connectivity index is 2.16. The predicted molar refractivity (Wildman–Crippen MR) is 75.2 cm³/mol. The molecule has 3 nitrogen and oxygen atoms in total. The van der Waals surface area contributed by atoms with Gasteiger partial charge in [0.2, 0.25) is 0 Å². The molecular weight excluding hydrogens is 298 g/mol. The third-order valence-electron chi connectivity index (χ3n) is 2.71. The first-order valence-corrected chi connectivity index (χ1v) is 7.28. The summed E-state index contributed by atoms with van der Waals surface area (Å²) in [6.07, 6.45) is 3.83. The van der Waals surface area contributed by atoms with Gasteiger partial charge in [0, 0.05) is 46.0 Å². The van der Waals surface area contributed by atoms with Crippen LogP contribution in [0.15, 0.2) is 22.1 Å². The number of aromatic nitrogens is 2. The summed E-state index contributed by atoms with van der Waals surface area (Å²) >= 11 is 5.20. The number of rotatable bonds is 4. The van der Waals surface area contributed by atoms with Crippen molar-refractivity contribution in [2.24, 2.45) is 12.8 Å². The summed E-state index contributed by atoms with van der Waals surface area (Å²) in [5, 5.41) is 6.52. The van der Waals surface area contributed by atoms with Gasteiger partial charge in [0.15, 0.2) is 0 Å². The van der Waals surface area contributed by atoms with Crippen molar-refractivity contribution >= 4 is 27.3 Å². The van der Waals surface area contributed by atoms with Crippen molar-refractivity contribution in [2.45, 2.75) is 25.8 Å². The van der Waals surface area contributed by atoms with Gasteiger partial charge in [-0.15, -0.1) is 11.3 Å². The molecule has 0 spiro atoms. The second-order valence-corrected chi connectivity index (χ2v) is 6.01. The molecule has 0 aromatic carbocycles. The summed E-state index contributed by atoms with van der Waals surface area (Å²) in [4.78, 5) is 1.30. The van der Waals surface area contributed by atoms with Crippen LogP contribution in [0, 0.1) is 0 Å². The summed E-state index contributed by atoms with van der Waals surface area (Å²) in [6.45, 7) is 2.11. The van der Waals surface area contributed by atoms with Crippen LogP contribution >= 0.6 is 27.3 Å². The van der Waals surface area contributed by atoms with Crippen LogP contribution in [0.3, 0.4) is 0 Å². The lowest BCUT2D eigenvalue weighted by Crippen LogP contribution is -2.13. The van der Waals surface area contributed by atoms with Crippen molar-refractivity contribution in [2.75, 3.05) is 0 Å². The van der Waals surface area contributed by atoms with E-state index in [-0.39, 0.29) is 6.04 Å². The van der Waals surface area contributed by atoms with Gasteiger partial charge in [-0.2, -0.15) is 5.10 Å². The normalized spacial score (nSPS) is 12.9. The summed E-state index contributed by atoms with van der Waals surface area (Å²) in [5.41, 5.74) is 8.54. The monoisotopic (exact) mass is 313 g/mol. The Morgan fingerprint density at radius 3 is 2.94 bits per heavy atom. The smallest absolute Gasteiger partial charge is 0.0669 e. The Kier molecular flexibility index (Phi) is 4.01. The topological polar surface area (TPSA) is 43.8 Å². The van der Waals surface area contributed by atoms with E-state index >= 15 is 0 Å². The minimum Gasteiger partial charge on any atom is -0.324 e. The highest BCUT2D eigenvalue weighted by atomic mass is 79.9. The average molecular weight is 314 g/mol. The molecule has 17 heavy (non-hydrogen) atoms. The molecule has 2 aromatic heterocycles. The highest BCUT2D eigenvalue weighted by molar-refractivity contribution is 9.10. The molecule has 0 amide bonds. The first kappa shape index (κ1) is 12.8.